The number of benzene rings is 1. The van der Waals surface area contributed by atoms with Gasteiger partial charge in [0.2, 0.25) is 10.0 Å². The SMILES string of the molecule is CCC(C)NS(=O)(=O)c1ccc(OCCCNC)cc1. The number of sulfonamides is 1. The third-order valence-corrected chi connectivity index (χ3v) is 4.55. The van der Waals surface area contributed by atoms with Crippen LogP contribution >= 0.6 is 0 Å². The quantitative estimate of drug-likeness (QED) is 0.682. The minimum atomic E-state index is -3.43. The summed E-state index contributed by atoms with van der Waals surface area (Å²) in [4.78, 5) is 0.264. The second kappa shape index (κ2) is 8.24. The van der Waals surface area contributed by atoms with Crippen LogP contribution in [0.2, 0.25) is 0 Å². The highest BCUT2D eigenvalue weighted by Crippen LogP contribution is 2.16. The molecule has 0 spiro atoms. The van der Waals surface area contributed by atoms with E-state index in [-0.39, 0.29) is 10.9 Å². The molecule has 5 nitrogen and oxygen atoms in total. The van der Waals surface area contributed by atoms with Crippen LogP contribution in [-0.4, -0.2) is 34.7 Å². The van der Waals surface area contributed by atoms with E-state index in [0.717, 1.165) is 19.4 Å². The Morgan fingerprint density at radius 3 is 2.45 bits per heavy atom. The van der Waals surface area contributed by atoms with Crippen molar-refractivity contribution in [3.05, 3.63) is 24.3 Å². The molecule has 1 aromatic rings. The molecule has 0 aliphatic heterocycles. The van der Waals surface area contributed by atoms with E-state index in [0.29, 0.717) is 12.4 Å². The molecule has 0 radical (unpaired) electrons. The molecule has 0 aliphatic rings. The van der Waals surface area contributed by atoms with Crippen molar-refractivity contribution in [1.29, 1.82) is 0 Å². The van der Waals surface area contributed by atoms with Crippen LogP contribution in [0.4, 0.5) is 0 Å². The Kier molecular flexibility index (Phi) is 6.98. The maximum absolute atomic E-state index is 12.1. The van der Waals surface area contributed by atoms with E-state index in [1.54, 1.807) is 24.3 Å². The molecular weight excluding hydrogens is 276 g/mol. The lowest BCUT2D eigenvalue weighted by Gasteiger charge is -2.12. The van der Waals surface area contributed by atoms with E-state index in [1.807, 2.05) is 20.9 Å². The van der Waals surface area contributed by atoms with Crippen molar-refractivity contribution in [3.63, 3.8) is 0 Å². The van der Waals surface area contributed by atoms with Crippen LogP contribution in [0.1, 0.15) is 26.7 Å². The predicted octanol–water partition coefficient (Wildman–Crippen LogP) is 1.75. The molecule has 20 heavy (non-hydrogen) atoms. The Morgan fingerprint density at radius 1 is 1.25 bits per heavy atom. The molecule has 1 atom stereocenters. The van der Waals surface area contributed by atoms with Crippen LogP contribution in [-0.2, 0) is 10.0 Å². The Morgan fingerprint density at radius 2 is 1.90 bits per heavy atom. The van der Waals surface area contributed by atoms with Crippen LogP contribution < -0.4 is 14.8 Å². The van der Waals surface area contributed by atoms with Crippen LogP contribution in [0.5, 0.6) is 5.75 Å². The smallest absolute Gasteiger partial charge is 0.240 e. The van der Waals surface area contributed by atoms with Gasteiger partial charge < -0.3 is 10.1 Å². The van der Waals surface area contributed by atoms with Crippen LogP contribution in [0.3, 0.4) is 0 Å². The molecule has 0 amide bonds. The number of ether oxygens (including phenoxy) is 1. The molecule has 0 aromatic heterocycles. The number of hydrogen-bond acceptors (Lipinski definition) is 4. The van der Waals surface area contributed by atoms with Gasteiger partial charge in [-0.25, -0.2) is 13.1 Å². The summed E-state index contributed by atoms with van der Waals surface area (Å²) >= 11 is 0. The highest BCUT2D eigenvalue weighted by Gasteiger charge is 2.16. The van der Waals surface area contributed by atoms with Gasteiger partial charge in [0.05, 0.1) is 11.5 Å². The van der Waals surface area contributed by atoms with E-state index in [4.69, 9.17) is 4.74 Å². The minimum Gasteiger partial charge on any atom is -0.494 e. The molecule has 0 fully saturated rings. The molecule has 1 rings (SSSR count). The molecule has 0 heterocycles. The summed E-state index contributed by atoms with van der Waals surface area (Å²) in [6.45, 7) is 5.29. The fraction of sp³-hybridized carbons (Fsp3) is 0.571. The fourth-order valence-corrected chi connectivity index (χ4v) is 2.90. The first-order valence-electron chi connectivity index (χ1n) is 6.89. The van der Waals surface area contributed by atoms with Gasteiger partial charge in [-0.3, -0.25) is 0 Å². The Balaban J connectivity index is 2.61. The topological polar surface area (TPSA) is 67.4 Å². The summed E-state index contributed by atoms with van der Waals surface area (Å²) in [6.07, 6.45) is 1.66. The van der Waals surface area contributed by atoms with Gasteiger partial charge in [-0.05, 0) is 57.6 Å². The summed E-state index contributed by atoms with van der Waals surface area (Å²) in [5.41, 5.74) is 0. The van der Waals surface area contributed by atoms with Gasteiger partial charge in [0.15, 0.2) is 0 Å². The Bertz CT molecular complexity index is 486. The molecule has 0 aliphatic carbocycles. The van der Waals surface area contributed by atoms with Gasteiger partial charge in [0.25, 0.3) is 0 Å². The molecule has 114 valence electrons. The van der Waals surface area contributed by atoms with E-state index >= 15 is 0 Å². The second-order valence-corrected chi connectivity index (χ2v) is 6.42. The van der Waals surface area contributed by atoms with Crippen LogP contribution in [0.25, 0.3) is 0 Å². The monoisotopic (exact) mass is 300 g/mol. The average Bonchev–Trinajstić information content (AvgIpc) is 2.43. The molecule has 1 unspecified atom stereocenters. The van der Waals surface area contributed by atoms with Gasteiger partial charge in [0, 0.05) is 6.04 Å². The summed E-state index contributed by atoms with van der Waals surface area (Å²) < 4.78 is 32.3. The lowest BCUT2D eigenvalue weighted by molar-refractivity contribution is 0.309. The van der Waals surface area contributed by atoms with Crippen LogP contribution in [0, 0.1) is 0 Å². The van der Waals surface area contributed by atoms with Gasteiger partial charge >= 0.3 is 0 Å². The number of rotatable bonds is 9. The molecule has 0 saturated carbocycles. The van der Waals surface area contributed by atoms with Crippen molar-refractivity contribution in [2.45, 2.75) is 37.6 Å². The summed E-state index contributed by atoms with van der Waals surface area (Å²) in [7, 11) is -1.54. The zero-order valence-electron chi connectivity index (χ0n) is 12.3. The first-order chi connectivity index (χ1) is 9.49. The highest BCUT2D eigenvalue weighted by atomic mass is 32.2. The third kappa shape index (κ3) is 5.48. The predicted molar refractivity (Wildman–Crippen MR) is 80.6 cm³/mol. The van der Waals surface area contributed by atoms with Crippen molar-refractivity contribution in [1.82, 2.24) is 10.0 Å². The molecule has 0 saturated heterocycles. The van der Waals surface area contributed by atoms with E-state index in [9.17, 15) is 8.42 Å². The average molecular weight is 300 g/mol. The summed E-state index contributed by atoms with van der Waals surface area (Å²) in [6, 6.07) is 6.43. The van der Waals surface area contributed by atoms with Crippen molar-refractivity contribution in [3.8, 4) is 5.75 Å². The molecule has 1 aromatic carbocycles. The maximum atomic E-state index is 12.1. The zero-order valence-corrected chi connectivity index (χ0v) is 13.2. The maximum Gasteiger partial charge on any atom is 0.240 e. The highest BCUT2D eigenvalue weighted by molar-refractivity contribution is 7.89. The lowest BCUT2D eigenvalue weighted by atomic mass is 10.3. The van der Waals surface area contributed by atoms with Gasteiger partial charge in [-0.2, -0.15) is 0 Å². The number of nitrogens with one attached hydrogen (secondary N) is 2. The first-order valence-corrected chi connectivity index (χ1v) is 8.37. The fourth-order valence-electron chi connectivity index (χ4n) is 1.57. The van der Waals surface area contributed by atoms with Crippen molar-refractivity contribution >= 4 is 10.0 Å². The standard InChI is InChI=1S/C14H24N2O3S/c1-4-12(2)16-20(17,18)14-8-6-13(7-9-14)19-11-5-10-15-3/h6-9,12,15-16H,4-5,10-11H2,1-3H3. The molecule has 6 heteroatoms. The van der Waals surface area contributed by atoms with E-state index in [1.165, 1.54) is 0 Å². The first kappa shape index (κ1) is 16.9. The largest absolute Gasteiger partial charge is 0.494 e. The van der Waals surface area contributed by atoms with Crippen molar-refractivity contribution < 1.29 is 13.2 Å². The van der Waals surface area contributed by atoms with Crippen molar-refractivity contribution in [2.24, 2.45) is 0 Å². The molecule has 0 bridgehead atoms. The van der Waals surface area contributed by atoms with Gasteiger partial charge in [-0.15, -0.1) is 0 Å². The molecule has 2 N–H and O–H groups in total. The Hall–Kier alpha value is -1.11. The van der Waals surface area contributed by atoms with Crippen molar-refractivity contribution in [2.75, 3.05) is 20.2 Å². The molecular formula is C14H24N2O3S. The van der Waals surface area contributed by atoms with Gasteiger partial charge in [0.1, 0.15) is 5.75 Å². The Labute approximate surface area is 121 Å². The van der Waals surface area contributed by atoms with E-state index in [2.05, 4.69) is 10.0 Å². The third-order valence-electron chi connectivity index (χ3n) is 2.94. The zero-order chi connectivity index (χ0) is 15.0. The summed E-state index contributed by atoms with van der Waals surface area (Å²) in [5, 5.41) is 3.04. The minimum absolute atomic E-state index is 0.0718. The lowest BCUT2D eigenvalue weighted by Crippen LogP contribution is -2.31. The second-order valence-electron chi connectivity index (χ2n) is 4.71. The van der Waals surface area contributed by atoms with Crippen LogP contribution in [0.15, 0.2) is 29.2 Å². The van der Waals surface area contributed by atoms with Gasteiger partial charge in [-0.1, -0.05) is 6.92 Å². The summed E-state index contributed by atoms with van der Waals surface area (Å²) in [5.74, 6) is 0.684. The normalized spacial score (nSPS) is 13.2. The van der Waals surface area contributed by atoms with E-state index < -0.39 is 10.0 Å². The number of hydrogen-bond donors (Lipinski definition) is 2.